The van der Waals surface area contributed by atoms with E-state index in [0.29, 0.717) is 21.7 Å². The van der Waals surface area contributed by atoms with E-state index in [0.717, 1.165) is 31.7 Å². The van der Waals surface area contributed by atoms with Crippen LogP contribution in [0.2, 0.25) is 5.02 Å². The predicted molar refractivity (Wildman–Crippen MR) is 154 cm³/mol. The van der Waals surface area contributed by atoms with E-state index in [1.54, 1.807) is 0 Å². The predicted octanol–water partition coefficient (Wildman–Crippen LogP) is 7.88. The molecule has 35 heavy (non-hydrogen) atoms. The van der Waals surface area contributed by atoms with E-state index in [2.05, 4.69) is 63.2 Å². The van der Waals surface area contributed by atoms with Crippen molar-refractivity contribution in [3.05, 3.63) is 109 Å². The number of carbonyl (C=O) groups excluding carboxylic acids is 1. The maximum atomic E-state index is 12.5. The second kappa shape index (κ2) is 10.4. The molecule has 1 N–H and O–H groups in total. The quantitative estimate of drug-likeness (QED) is 0.185. The van der Waals surface area contributed by atoms with E-state index in [4.69, 9.17) is 16.3 Å². The van der Waals surface area contributed by atoms with Crippen LogP contribution in [0.25, 0.3) is 16.8 Å². The SMILES string of the molecule is Cc1c(Cl)cccc1N=C1NC(=O)/C(=C\c2ccc(OCc3cccc4ccccc34)c(I)c2)S1. The number of aliphatic imine (C=N–C) groups is 1. The summed E-state index contributed by atoms with van der Waals surface area (Å²) in [6.07, 6.45) is 1.87. The van der Waals surface area contributed by atoms with Crippen molar-refractivity contribution in [1.29, 1.82) is 0 Å². The van der Waals surface area contributed by atoms with Gasteiger partial charge in [0.2, 0.25) is 0 Å². The molecule has 1 aliphatic heterocycles. The van der Waals surface area contributed by atoms with Gasteiger partial charge in [0, 0.05) is 5.02 Å². The number of nitrogens with one attached hydrogen (secondary N) is 1. The first kappa shape index (κ1) is 23.9. The fourth-order valence-electron chi connectivity index (χ4n) is 3.76. The van der Waals surface area contributed by atoms with Crippen LogP contribution >= 0.6 is 46.0 Å². The molecule has 1 amide bonds. The van der Waals surface area contributed by atoms with Crippen LogP contribution in [0.1, 0.15) is 16.7 Å². The number of amides is 1. The molecule has 4 nitrogen and oxygen atoms in total. The van der Waals surface area contributed by atoms with E-state index in [-0.39, 0.29) is 5.91 Å². The zero-order valence-electron chi connectivity index (χ0n) is 18.7. The average molecular weight is 611 g/mol. The molecule has 0 aromatic heterocycles. The van der Waals surface area contributed by atoms with Gasteiger partial charge in [0.1, 0.15) is 12.4 Å². The van der Waals surface area contributed by atoms with Crippen LogP contribution in [0.4, 0.5) is 5.69 Å². The Balaban J connectivity index is 1.31. The molecule has 0 spiro atoms. The average Bonchev–Trinajstić information content (AvgIpc) is 3.20. The molecule has 4 aromatic carbocycles. The molecule has 0 aliphatic carbocycles. The van der Waals surface area contributed by atoms with Crippen LogP contribution in [0, 0.1) is 10.5 Å². The van der Waals surface area contributed by atoms with Gasteiger partial charge in [0.05, 0.1) is 14.2 Å². The Labute approximate surface area is 226 Å². The number of carbonyl (C=O) groups is 1. The molecular weight excluding hydrogens is 591 g/mol. The lowest BCUT2D eigenvalue weighted by atomic mass is 10.1. The van der Waals surface area contributed by atoms with E-state index >= 15 is 0 Å². The number of halogens is 2. The summed E-state index contributed by atoms with van der Waals surface area (Å²) in [5.74, 6) is 0.641. The second-order valence-corrected chi connectivity index (χ2v) is 10.6. The lowest BCUT2D eigenvalue weighted by Gasteiger charge is -2.11. The smallest absolute Gasteiger partial charge is 0.264 e. The minimum absolute atomic E-state index is 0.167. The van der Waals surface area contributed by atoms with Gasteiger partial charge in [-0.1, -0.05) is 66.2 Å². The van der Waals surface area contributed by atoms with Gasteiger partial charge < -0.3 is 10.1 Å². The lowest BCUT2D eigenvalue weighted by Crippen LogP contribution is -2.19. The van der Waals surface area contributed by atoms with Gasteiger partial charge in [-0.25, -0.2) is 4.99 Å². The van der Waals surface area contributed by atoms with Crippen LogP contribution < -0.4 is 10.1 Å². The van der Waals surface area contributed by atoms with Gasteiger partial charge in [-0.15, -0.1) is 0 Å². The molecule has 1 aliphatic rings. The second-order valence-electron chi connectivity index (χ2n) is 7.98. The maximum Gasteiger partial charge on any atom is 0.264 e. The molecule has 0 unspecified atom stereocenters. The molecule has 5 rings (SSSR count). The Bertz CT molecular complexity index is 1510. The molecule has 0 saturated carbocycles. The first-order chi connectivity index (χ1) is 17.0. The summed E-state index contributed by atoms with van der Waals surface area (Å²) in [7, 11) is 0. The zero-order valence-corrected chi connectivity index (χ0v) is 22.4. The monoisotopic (exact) mass is 610 g/mol. The van der Waals surface area contributed by atoms with Gasteiger partial charge in [-0.05, 0) is 99.1 Å². The minimum atomic E-state index is -0.167. The van der Waals surface area contributed by atoms with Gasteiger partial charge >= 0.3 is 0 Å². The number of hydrogen-bond acceptors (Lipinski definition) is 4. The van der Waals surface area contributed by atoms with Crippen molar-refractivity contribution in [3.63, 3.8) is 0 Å². The van der Waals surface area contributed by atoms with Crippen LogP contribution in [-0.2, 0) is 11.4 Å². The van der Waals surface area contributed by atoms with E-state index < -0.39 is 0 Å². The summed E-state index contributed by atoms with van der Waals surface area (Å²) >= 11 is 9.77. The molecule has 1 fully saturated rings. The highest BCUT2D eigenvalue weighted by molar-refractivity contribution is 14.1. The third-order valence-electron chi connectivity index (χ3n) is 5.63. The summed E-state index contributed by atoms with van der Waals surface area (Å²) in [5, 5.41) is 6.42. The van der Waals surface area contributed by atoms with Crippen molar-refractivity contribution in [1.82, 2.24) is 5.32 Å². The molecule has 174 valence electrons. The van der Waals surface area contributed by atoms with Gasteiger partial charge in [0.25, 0.3) is 5.91 Å². The van der Waals surface area contributed by atoms with Crippen molar-refractivity contribution < 1.29 is 9.53 Å². The van der Waals surface area contributed by atoms with Crippen LogP contribution in [-0.4, -0.2) is 11.1 Å². The maximum absolute atomic E-state index is 12.5. The molecule has 1 saturated heterocycles. The van der Waals surface area contributed by atoms with E-state index in [9.17, 15) is 4.79 Å². The minimum Gasteiger partial charge on any atom is -0.488 e. The highest BCUT2D eigenvalue weighted by Gasteiger charge is 2.24. The summed E-state index contributed by atoms with van der Waals surface area (Å²) < 4.78 is 7.11. The molecule has 0 bridgehead atoms. The summed E-state index contributed by atoms with van der Waals surface area (Å²) in [6, 6.07) is 26.0. The number of amidine groups is 1. The van der Waals surface area contributed by atoms with Crippen LogP contribution in [0.5, 0.6) is 5.75 Å². The Morgan fingerprint density at radius 1 is 1.06 bits per heavy atom. The molecule has 1 heterocycles. The normalized spacial score (nSPS) is 15.7. The molecular formula is C28H20ClIN2O2S. The van der Waals surface area contributed by atoms with Gasteiger partial charge in [0.15, 0.2) is 5.17 Å². The largest absolute Gasteiger partial charge is 0.488 e. The highest BCUT2D eigenvalue weighted by Crippen LogP contribution is 2.32. The van der Waals surface area contributed by atoms with Crippen molar-refractivity contribution >= 4 is 79.6 Å². The first-order valence-electron chi connectivity index (χ1n) is 10.9. The molecule has 4 aromatic rings. The summed E-state index contributed by atoms with van der Waals surface area (Å²) in [6.45, 7) is 2.39. The number of rotatable bonds is 5. The topological polar surface area (TPSA) is 50.7 Å². The Hall–Kier alpha value is -2.81. The van der Waals surface area contributed by atoms with Crippen molar-refractivity contribution in [2.75, 3.05) is 0 Å². The van der Waals surface area contributed by atoms with E-state index in [1.165, 1.54) is 22.5 Å². The molecule has 0 atom stereocenters. The van der Waals surface area contributed by atoms with Gasteiger partial charge in [-0.3, -0.25) is 4.79 Å². The van der Waals surface area contributed by atoms with Crippen LogP contribution in [0.15, 0.2) is 88.8 Å². The third-order valence-corrected chi connectivity index (χ3v) is 7.79. The van der Waals surface area contributed by atoms with Crippen molar-refractivity contribution in [2.45, 2.75) is 13.5 Å². The fraction of sp³-hybridized carbons (Fsp3) is 0.0714. The zero-order chi connectivity index (χ0) is 24.4. The molecule has 7 heteroatoms. The van der Waals surface area contributed by atoms with Crippen LogP contribution in [0.3, 0.4) is 0 Å². The number of benzene rings is 4. The lowest BCUT2D eigenvalue weighted by molar-refractivity contribution is -0.115. The number of hydrogen-bond donors (Lipinski definition) is 1. The Morgan fingerprint density at radius 3 is 2.71 bits per heavy atom. The third kappa shape index (κ3) is 5.39. The first-order valence-corrected chi connectivity index (χ1v) is 13.2. The number of thioether (sulfide) groups is 1. The van der Waals surface area contributed by atoms with E-state index in [1.807, 2.05) is 61.5 Å². The molecule has 0 radical (unpaired) electrons. The van der Waals surface area contributed by atoms with Crippen molar-refractivity contribution in [3.8, 4) is 5.75 Å². The standard InChI is InChI=1S/C28H20ClIN2O2S/c1-17-22(29)10-5-11-24(17)31-28-32-27(33)26(35-28)15-18-12-13-25(23(30)14-18)34-16-20-8-4-7-19-6-2-3-9-21(19)20/h2-15H,16H2,1H3,(H,31,32,33)/b26-15+. The highest BCUT2D eigenvalue weighted by atomic mass is 127. The number of fused-ring (bicyclic) bond motifs is 1. The van der Waals surface area contributed by atoms with Crippen molar-refractivity contribution in [2.24, 2.45) is 4.99 Å². The van der Waals surface area contributed by atoms with Gasteiger partial charge in [-0.2, -0.15) is 0 Å². The summed E-state index contributed by atoms with van der Waals surface area (Å²) in [4.78, 5) is 17.7. The Morgan fingerprint density at radius 2 is 1.86 bits per heavy atom. The number of nitrogens with zero attached hydrogens (tertiary/aromatic N) is 1. The summed E-state index contributed by atoms with van der Waals surface area (Å²) in [5.41, 5.74) is 3.68. The number of ether oxygens (including phenoxy) is 1. The fourth-order valence-corrected chi connectivity index (χ4v) is 5.46. The Kier molecular flexibility index (Phi) is 7.13.